The Bertz CT molecular complexity index is 150. The Balaban J connectivity index is 4.05. The standard InChI is InChI=1S/C7H13NO2/c1-5(2)4-6(3)7(9)8-10/h4-5,10H,1-3H3,(H,8,9). The number of nitrogens with one attached hydrogen (secondary N) is 1. The molecule has 2 N–H and O–H groups in total. The van der Waals surface area contributed by atoms with Crippen LogP contribution in [-0.4, -0.2) is 11.1 Å². The van der Waals surface area contributed by atoms with Gasteiger partial charge in [-0.25, -0.2) is 5.48 Å². The van der Waals surface area contributed by atoms with Gasteiger partial charge in [0.15, 0.2) is 0 Å². The highest BCUT2D eigenvalue weighted by atomic mass is 16.5. The first-order valence-corrected chi connectivity index (χ1v) is 3.20. The summed E-state index contributed by atoms with van der Waals surface area (Å²) in [6, 6.07) is 0. The smallest absolute Gasteiger partial charge is 0.269 e. The van der Waals surface area contributed by atoms with Gasteiger partial charge in [0.25, 0.3) is 5.91 Å². The van der Waals surface area contributed by atoms with Gasteiger partial charge >= 0.3 is 0 Å². The molecule has 0 spiro atoms. The molecule has 0 aromatic rings. The molecule has 0 radical (unpaired) electrons. The minimum Gasteiger partial charge on any atom is -0.288 e. The van der Waals surface area contributed by atoms with Gasteiger partial charge in [-0.15, -0.1) is 0 Å². The van der Waals surface area contributed by atoms with Crippen LogP contribution in [0.15, 0.2) is 11.6 Å². The Kier molecular flexibility index (Phi) is 3.72. The molecular formula is C7H13NO2. The molecule has 3 nitrogen and oxygen atoms in total. The van der Waals surface area contributed by atoms with Crippen LogP contribution in [0.5, 0.6) is 0 Å². The lowest BCUT2D eigenvalue weighted by molar-refractivity contribution is -0.125. The number of allylic oxidation sites excluding steroid dienone is 1. The van der Waals surface area contributed by atoms with Crippen molar-refractivity contribution in [3.8, 4) is 0 Å². The molecule has 3 heteroatoms. The van der Waals surface area contributed by atoms with E-state index in [0.29, 0.717) is 11.5 Å². The van der Waals surface area contributed by atoms with Crippen LogP contribution in [0.1, 0.15) is 20.8 Å². The zero-order valence-corrected chi connectivity index (χ0v) is 6.51. The number of hydrogen-bond donors (Lipinski definition) is 2. The number of carbonyl (C=O) groups excluding carboxylic acids is 1. The van der Waals surface area contributed by atoms with Crippen molar-refractivity contribution in [2.45, 2.75) is 20.8 Å². The van der Waals surface area contributed by atoms with Crippen LogP contribution in [0.4, 0.5) is 0 Å². The van der Waals surface area contributed by atoms with Crippen molar-refractivity contribution in [1.29, 1.82) is 0 Å². The van der Waals surface area contributed by atoms with Gasteiger partial charge in [0, 0.05) is 5.57 Å². The van der Waals surface area contributed by atoms with Crippen molar-refractivity contribution < 1.29 is 10.0 Å². The second-order valence-corrected chi connectivity index (χ2v) is 2.53. The molecule has 0 rings (SSSR count). The fourth-order valence-electron chi connectivity index (χ4n) is 0.664. The Morgan fingerprint density at radius 1 is 1.60 bits per heavy atom. The van der Waals surface area contributed by atoms with Crippen LogP contribution in [0, 0.1) is 5.92 Å². The first-order chi connectivity index (χ1) is 4.57. The Hall–Kier alpha value is -0.830. The maximum Gasteiger partial charge on any atom is 0.269 e. The van der Waals surface area contributed by atoms with E-state index in [-0.39, 0.29) is 0 Å². The molecule has 0 aromatic carbocycles. The van der Waals surface area contributed by atoms with Gasteiger partial charge in [-0.1, -0.05) is 19.9 Å². The topological polar surface area (TPSA) is 49.3 Å². The van der Waals surface area contributed by atoms with Crippen molar-refractivity contribution in [1.82, 2.24) is 5.48 Å². The summed E-state index contributed by atoms with van der Waals surface area (Å²) in [6.45, 7) is 5.59. The monoisotopic (exact) mass is 143 g/mol. The van der Waals surface area contributed by atoms with Crippen molar-refractivity contribution in [2.75, 3.05) is 0 Å². The van der Waals surface area contributed by atoms with Crippen LogP contribution < -0.4 is 5.48 Å². The number of hydrogen-bond acceptors (Lipinski definition) is 2. The highest BCUT2D eigenvalue weighted by Gasteiger charge is 2.00. The third-order valence-electron chi connectivity index (χ3n) is 1.04. The molecule has 0 atom stereocenters. The molecule has 0 saturated carbocycles. The van der Waals surface area contributed by atoms with Crippen LogP contribution in [0.3, 0.4) is 0 Å². The fourth-order valence-corrected chi connectivity index (χ4v) is 0.664. The van der Waals surface area contributed by atoms with E-state index in [1.807, 2.05) is 13.8 Å². The zero-order valence-electron chi connectivity index (χ0n) is 6.51. The van der Waals surface area contributed by atoms with E-state index < -0.39 is 5.91 Å². The van der Waals surface area contributed by atoms with E-state index in [9.17, 15) is 4.79 Å². The minimum atomic E-state index is -0.436. The summed E-state index contributed by atoms with van der Waals surface area (Å²) in [5, 5.41) is 8.18. The molecule has 0 saturated heterocycles. The lowest BCUT2D eigenvalue weighted by Gasteiger charge is -1.99. The number of hydroxylamine groups is 1. The quantitative estimate of drug-likeness (QED) is 0.345. The van der Waals surface area contributed by atoms with Crippen molar-refractivity contribution in [2.24, 2.45) is 5.92 Å². The molecule has 0 aliphatic heterocycles. The number of carbonyl (C=O) groups is 1. The van der Waals surface area contributed by atoms with Crippen molar-refractivity contribution >= 4 is 5.91 Å². The highest BCUT2D eigenvalue weighted by molar-refractivity contribution is 5.91. The summed E-state index contributed by atoms with van der Waals surface area (Å²) < 4.78 is 0. The maximum absolute atomic E-state index is 10.6. The summed E-state index contributed by atoms with van der Waals surface area (Å²) in [6.07, 6.45) is 1.78. The largest absolute Gasteiger partial charge is 0.288 e. The van der Waals surface area contributed by atoms with Crippen LogP contribution in [0.25, 0.3) is 0 Å². The second-order valence-electron chi connectivity index (χ2n) is 2.53. The molecule has 0 fully saturated rings. The second kappa shape index (κ2) is 4.06. The number of rotatable bonds is 2. The van der Waals surface area contributed by atoms with Gasteiger partial charge < -0.3 is 0 Å². The lowest BCUT2D eigenvalue weighted by Crippen LogP contribution is -2.19. The molecule has 0 aromatic heterocycles. The molecule has 10 heavy (non-hydrogen) atoms. The summed E-state index contributed by atoms with van der Waals surface area (Å²) in [7, 11) is 0. The van der Waals surface area contributed by atoms with Crippen LogP contribution in [-0.2, 0) is 4.79 Å². The molecule has 1 amide bonds. The predicted octanol–water partition coefficient (Wildman–Crippen LogP) is 1.09. The van der Waals surface area contributed by atoms with Crippen molar-refractivity contribution in [3.05, 3.63) is 11.6 Å². The lowest BCUT2D eigenvalue weighted by atomic mass is 10.1. The Morgan fingerprint density at radius 2 is 2.10 bits per heavy atom. The highest BCUT2D eigenvalue weighted by Crippen LogP contribution is 2.00. The number of amides is 1. The summed E-state index contributed by atoms with van der Waals surface area (Å²) in [5.41, 5.74) is 2.10. The first kappa shape index (κ1) is 9.17. The zero-order chi connectivity index (χ0) is 8.15. The van der Waals surface area contributed by atoms with Gasteiger partial charge in [-0.3, -0.25) is 10.0 Å². The van der Waals surface area contributed by atoms with E-state index in [0.717, 1.165) is 0 Å². The summed E-state index contributed by atoms with van der Waals surface area (Å²) >= 11 is 0. The molecule has 0 heterocycles. The van der Waals surface area contributed by atoms with E-state index in [1.54, 1.807) is 18.5 Å². The summed E-state index contributed by atoms with van der Waals surface area (Å²) in [5.74, 6) is -0.106. The van der Waals surface area contributed by atoms with Crippen LogP contribution >= 0.6 is 0 Å². The van der Waals surface area contributed by atoms with Gasteiger partial charge in [0.1, 0.15) is 0 Å². The van der Waals surface area contributed by atoms with Gasteiger partial charge in [0.2, 0.25) is 0 Å². The average molecular weight is 143 g/mol. The minimum absolute atomic E-state index is 0.331. The van der Waals surface area contributed by atoms with E-state index in [4.69, 9.17) is 5.21 Å². The van der Waals surface area contributed by atoms with Gasteiger partial charge in [0.05, 0.1) is 0 Å². The first-order valence-electron chi connectivity index (χ1n) is 3.20. The Labute approximate surface area is 60.7 Å². The van der Waals surface area contributed by atoms with E-state index in [2.05, 4.69) is 0 Å². The van der Waals surface area contributed by atoms with Crippen LogP contribution in [0.2, 0.25) is 0 Å². The van der Waals surface area contributed by atoms with Crippen molar-refractivity contribution in [3.63, 3.8) is 0 Å². The van der Waals surface area contributed by atoms with E-state index >= 15 is 0 Å². The molecule has 0 aliphatic rings. The van der Waals surface area contributed by atoms with Gasteiger partial charge in [-0.2, -0.15) is 0 Å². The van der Waals surface area contributed by atoms with E-state index in [1.165, 1.54) is 0 Å². The third kappa shape index (κ3) is 3.25. The SMILES string of the molecule is CC(=CC(C)C)C(=O)NO. The molecule has 0 unspecified atom stereocenters. The van der Waals surface area contributed by atoms with Gasteiger partial charge in [-0.05, 0) is 12.8 Å². The maximum atomic E-state index is 10.6. The molecular weight excluding hydrogens is 130 g/mol. The average Bonchev–Trinajstić information content (AvgIpc) is 1.85. The predicted molar refractivity (Wildman–Crippen MR) is 38.5 cm³/mol. The molecule has 0 bridgehead atoms. The fraction of sp³-hybridized carbons (Fsp3) is 0.571. The Morgan fingerprint density at radius 3 is 2.40 bits per heavy atom. The summed E-state index contributed by atoms with van der Waals surface area (Å²) in [4.78, 5) is 10.6. The normalized spacial score (nSPS) is 11.9. The molecule has 58 valence electrons. The molecule has 0 aliphatic carbocycles. The third-order valence-corrected chi connectivity index (χ3v) is 1.04.